The van der Waals surface area contributed by atoms with E-state index in [0.717, 1.165) is 28.1 Å². The fraction of sp³-hybridized carbons (Fsp3) is 0.389. The van der Waals surface area contributed by atoms with Crippen LogP contribution in [-0.4, -0.2) is 28.1 Å². The molecule has 0 atom stereocenters. The number of carbonyl (C=O) groups excluding carboxylic acids is 2. The molecule has 1 heterocycles. The Morgan fingerprint density at radius 3 is 2.17 bits per heavy atom. The van der Waals surface area contributed by atoms with Crippen molar-refractivity contribution in [1.82, 2.24) is 15.1 Å². The number of rotatable bonds is 4. The van der Waals surface area contributed by atoms with Crippen LogP contribution in [-0.2, 0) is 11.8 Å². The first-order valence-corrected chi connectivity index (χ1v) is 7.86. The van der Waals surface area contributed by atoms with Crippen molar-refractivity contribution in [2.45, 2.75) is 34.6 Å². The molecule has 6 heteroatoms. The van der Waals surface area contributed by atoms with Crippen molar-refractivity contribution in [3.8, 4) is 0 Å². The van der Waals surface area contributed by atoms with Gasteiger partial charge in [-0.25, -0.2) is 0 Å². The van der Waals surface area contributed by atoms with E-state index in [1.807, 2.05) is 39.8 Å². The first-order chi connectivity index (χ1) is 11.2. The molecule has 0 aliphatic heterocycles. The van der Waals surface area contributed by atoms with Crippen LogP contribution in [0.2, 0.25) is 0 Å². The van der Waals surface area contributed by atoms with Crippen molar-refractivity contribution in [3.05, 3.63) is 45.8 Å². The molecule has 2 N–H and O–H groups in total. The lowest BCUT2D eigenvalue weighted by Gasteiger charge is -2.13. The van der Waals surface area contributed by atoms with Gasteiger partial charge in [0.15, 0.2) is 0 Å². The predicted molar refractivity (Wildman–Crippen MR) is 94.3 cm³/mol. The Hall–Kier alpha value is -2.63. The summed E-state index contributed by atoms with van der Waals surface area (Å²) in [4.78, 5) is 24.5. The van der Waals surface area contributed by atoms with E-state index in [9.17, 15) is 9.59 Å². The fourth-order valence-corrected chi connectivity index (χ4v) is 2.91. The van der Waals surface area contributed by atoms with E-state index in [2.05, 4.69) is 15.7 Å². The molecule has 0 aliphatic rings. The van der Waals surface area contributed by atoms with E-state index in [-0.39, 0.29) is 18.4 Å². The summed E-state index contributed by atoms with van der Waals surface area (Å²) < 4.78 is 1.66. The minimum atomic E-state index is -0.286. The Morgan fingerprint density at radius 1 is 1.08 bits per heavy atom. The summed E-state index contributed by atoms with van der Waals surface area (Å²) in [6, 6.07) is 4.03. The van der Waals surface area contributed by atoms with Crippen molar-refractivity contribution >= 4 is 17.5 Å². The molecule has 2 amide bonds. The number of amides is 2. The molecule has 0 bridgehead atoms. The molecule has 0 spiro atoms. The van der Waals surface area contributed by atoms with E-state index in [1.54, 1.807) is 18.7 Å². The van der Waals surface area contributed by atoms with Gasteiger partial charge in [-0.15, -0.1) is 0 Å². The average molecular weight is 328 g/mol. The maximum atomic E-state index is 12.3. The number of aryl methyl sites for hydroxylation is 5. The van der Waals surface area contributed by atoms with Gasteiger partial charge in [-0.1, -0.05) is 17.7 Å². The summed E-state index contributed by atoms with van der Waals surface area (Å²) in [6.45, 7) is 9.45. The van der Waals surface area contributed by atoms with Gasteiger partial charge in [0.2, 0.25) is 5.91 Å². The van der Waals surface area contributed by atoms with Gasteiger partial charge in [-0.2, -0.15) is 5.10 Å². The van der Waals surface area contributed by atoms with Crippen molar-refractivity contribution < 1.29 is 9.59 Å². The van der Waals surface area contributed by atoms with Crippen LogP contribution in [0.4, 0.5) is 5.69 Å². The quantitative estimate of drug-likeness (QED) is 0.904. The molecule has 0 aliphatic carbocycles. The van der Waals surface area contributed by atoms with Crippen LogP contribution < -0.4 is 10.6 Å². The van der Waals surface area contributed by atoms with E-state index in [0.29, 0.717) is 11.3 Å². The monoisotopic (exact) mass is 328 g/mol. The van der Waals surface area contributed by atoms with Crippen molar-refractivity contribution in [1.29, 1.82) is 0 Å². The van der Waals surface area contributed by atoms with Crippen molar-refractivity contribution in [2.75, 3.05) is 11.9 Å². The second-order valence-corrected chi connectivity index (χ2v) is 6.17. The Balaban J connectivity index is 2.03. The maximum Gasteiger partial charge on any atom is 0.255 e. The van der Waals surface area contributed by atoms with Crippen LogP contribution in [0.25, 0.3) is 0 Å². The third kappa shape index (κ3) is 3.64. The topological polar surface area (TPSA) is 76.0 Å². The lowest BCUT2D eigenvalue weighted by molar-refractivity contribution is -0.115. The second kappa shape index (κ2) is 6.86. The third-order valence-electron chi connectivity index (χ3n) is 4.09. The number of anilines is 1. The van der Waals surface area contributed by atoms with E-state index >= 15 is 0 Å². The minimum absolute atomic E-state index is 0.0840. The van der Waals surface area contributed by atoms with Gasteiger partial charge < -0.3 is 10.6 Å². The molecular weight excluding hydrogens is 304 g/mol. The molecule has 2 rings (SSSR count). The van der Waals surface area contributed by atoms with Gasteiger partial charge in [-0.3, -0.25) is 14.3 Å². The number of carbonyl (C=O) groups is 2. The van der Waals surface area contributed by atoms with Crippen LogP contribution in [0.3, 0.4) is 0 Å². The van der Waals surface area contributed by atoms with Crippen molar-refractivity contribution in [2.24, 2.45) is 7.05 Å². The zero-order valence-electron chi connectivity index (χ0n) is 15.1. The molecule has 2 aromatic rings. The minimum Gasteiger partial charge on any atom is -0.343 e. The normalized spacial score (nSPS) is 10.6. The number of hydrogen-bond acceptors (Lipinski definition) is 3. The van der Waals surface area contributed by atoms with Crippen LogP contribution in [0.5, 0.6) is 0 Å². The van der Waals surface area contributed by atoms with Gasteiger partial charge in [-0.05, 0) is 45.7 Å². The van der Waals surface area contributed by atoms with Gasteiger partial charge in [0.1, 0.15) is 0 Å². The lowest BCUT2D eigenvalue weighted by atomic mass is 10.1. The molecule has 1 aromatic carbocycles. The summed E-state index contributed by atoms with van der Waals surface area (Å²) in [7, 11) is 1.79. The Kier molecular flexibility index (Phi) is 5.07. The van der Waals surface area contributed by atoms with Crippen molar-refractivity contribution in [3.63, 3.8) is 0 Å². The van der Waals surface area contributed by atoms with Crippen LogP contribution in [0.1, 0.15) is 38.4 Å². The highest BCUT2D eigenvalue weighted by Gasteiger charge is 2.18. The van der Waals surface area contributed by atoms with E-state index in [1.165, 1.54) is 0 Å². The fourth-order valence-electron chi connectivity index (χ4n) is 2.91. The van der Waals surface area contributed by atoms with Gasteiger partial charge in [0.05, 0.1) is 17.8 Å². The molecular formula is C18H24N4O2. The summed E-state index contributed by atoms with van der Waals surface area (Å²) in [5.41, 5.74) is 5.91. The van der Waals surface area contributed by atoms with Crippen LogP contribution in [0, 0.1) is 34.6 Å². The van der Waals surface area contributed by atoms with Crippen LogP contribution in [0.15, 0.2) is 12.1 Å². The van der Waals surface area contributed by atoms with Gasteiger partial charge in [0, 0.05) is 18.4 Å². The largest absolute Gasteiger partial charge is 0.343 e. The zero-order valence-corrected chi connectivity index (χ0v) is 15.1. The molecule has 128 valence electrons. The average Bonchev–Trinajstić information content (AvgIpc) is 2.73. The van der Waals surface area contributed by atoms with E-state index in [4.69, 9.17) is 0 Å². The first kappa shape index (κ1) is 17.7. The van der Waals surface area contributed by atoms with Crippen LogP contribution >= 0.6 is 0 Å². The number of nitrogens with one attached hydrogen (secondary N) is 2. The number of hydrogen-bond donors (Lipinski definition) is 2. The highest BCUT2D eigenvalue weighted by atomic mass is 16.2. The maximum absolute atomic E-state index is 12.3. The zero-order chi connectivity index (χ0) is 18.0. The smallest absolute Gasteiger partial charge is 0.255 e. The highest BCUT2D eigenvalue weighted by Crippen LogP contribution is 2.21. The molecule has 0 unspecified atom stereocenters. The molecule has 6 nitrogen and oxygen atoms in total. The third-order valence-corrected chi connectivity index (χ3v) is 4.09. The Bertz CT molecular complexity index is 783. The molecule has 0 saturated heterocycles. The summed E-state index contributed by atoms with van der Waals surface area (Å²) >= 11 is 0. The predicted octanol–water partition coefficient (Wildman–Crippen LogP) is 2.33. The van der Waals surface area contributed by atoms with Gasteiger partial charge >= 0.3 is 0 Å². The molecule has 1 aromatic heterocycles. The highest BCUT2D eigenvalue weighted by molar-refractivity contribution is 6.01. The summed E-state index contributed by atoms with van der Waals surface area (Å²) in [5.74, 6) is -0.539. The summed E-state index contributed by atoms with van der Waals surface area (Å²) in [5, 5.41) is 9.75. The number of aromatic nitrogens is 2. The Morgan fingerprint density at radius 2 is 1.67 bits per heavy atom. The molecule has 0 radical (unpaired) electrons. The molecule has 0 saturated carbocycles. The SMILES string of the molecule is Cc1cc(C)c(NC(=O)CNC(=O)c2c(C)nn(C)c2C)c(C)c1. The summed E-state index contributed by atoms with van der Waals surface area (Å²) in [6.07, 6.45) is 0. The lowest BCUT2D eigenvalue weighted by Crippen LogP contribution is -2.33. The number of benzene rings is 1. The molecule has 24 heavy (non-hydrogen) atoms. The van der Waals surface area contributed by atoms with Gasteiger partial charge in [0.25, 0.3) is 5.91 Å². The first-order valence-electron chi connectivity index (χ1n) is 7.86. The number of nitrogens with zero attached hydrogens (tertiary/aromatic N) is 2. The standard InChI is InChI=1S/C18H24N4O2/c1-10-7-11(2)17(12(3)8-10)20-15(23)9-19-18(24)16-13(4)21-22(6)14(16)5/h7-8H,9H2,1-6H3,(H,19,24)(H,20,23). The Labute approximate surface area is 142 Å². The van der Waals surface area contributed by atoms with E-state index < -0.39 is 0 Å². The molecule has 0 fully saturated rings. The second-order valence-electron chi connectivity index (χ2n) is 6.17.